The lowest BCUT2D eigenvalue weighted by Crippen LogP contribution is -2.45. The van der Waals surface area contributed by atoms with E-state index >= 15 is 0 Å². The van der Waals surface area contributed by atoms with Gasteiger partial charge in [0.2, 0.25) is 0 Å². The highest BCUT2D eigenvalue weighted by atomic mass is 16.2. The molecule has 1 unspecified atom stereocenters. The number of fused-ring (bicyclic) bond motifs is 1. The largest absolute Gasteiger partial charge is 0.332 e. The molecule has 2 aromatic rings. The second-order valence-electron chi connectivity index (χ2n) is 4.88. The van der Waals surface area contributed by atoms with Gasteiger partial charge in [0.15, 0.2) is 0 Å². The first kappa shape index (κ1) is 12.7. The van der Waals surface area contributed by atoms with Crippen LogP contribution in [-0.4, -0.2) is 32.0 Å². The summed E-state index contributed by atoms with van der Waals surface area (Å²) in [7, 11) is 0. The van der Waals surface area contributed by atoms with Crippen LogP contribution in [0.25, 0.3) is 0 Å². The summed E-state index contributed by atoms with van der Waals surface area (Å²) in [5.74, 6) is 0.928. The number of nitrogens with zero attached hydrogens (tertiary/aromatic N) is 4. The maximum Gasteiger partial charge on any atom is 0.318 e. The number of nitrogens with one attached hydrogen (secondary N) is 1. The third-order valence-electron chi connectivity index (χ3n) is 3.50. The molecule has 6 heteroatoms. The van der Waals surface area contributed by atoms with E-state index in [1.807, 2.05) is 31.3 Å². The van der Waals surface area contributed by atoms with Crippen molar-refractivity contribution in [3.05, 3.63) is 48.3 Å². The molecule has 1 N–H and O–H groups in total. The molecular weight excluding hydrogens is 254 g/mol. The van der Waals surface area contributed by atoms with E-state index in [0.717, 1.165) is 18.1 Å². The molecule has 0 radical (unpaired) electrons. The molecule has 1 aliphatic rings. The maximum atomic E-state index is 12.3. The number of aromatic nitrogens is 3. The van der Waals surface area contributed by atoms with E-state index in [4.69, 9.17) is 0 Å². The predicted octanol–water partition coefficient (Wildman–Crippen LogP) is 1.56. The van der Waals surface area contributed by atoms with Gasteiger partial charge in [0, 0.05) is 31.7 Å². The molecule has 0 bridgehead atoms. The summed E-state index contributed by atoms with van der Waals surface area (Å²) in [6, 6.07) is 5.52. The van der Waals surface area contributed by atoms with Crippen LogP contribution in [0.1, 0.15) is 24.5 Å². The van der Waals surface area contributed by atoms with E-state index in [-0.39, 0.29) is 12.1 Å². The van der Waals surface area contributed by atoms with Gasteiger partial charge in [0.25, 0.3) is 0 Å². The molecule has 2 amide bonds. The summed E-state index contributed by atoms with van der Waals surface area (Å²) < 4.78 is 2.08. The molecule has 0 fully saturated rings. The first-order chi connectivity index (χ1) is 9.74. The summed E-state index contributed by atoms with van der Waals surface area (Å²) in [4.78, 5) is 22.6. The highest BCUT2D eigenvalue weighted by Crippen LogP contribution is 2.13. The molecule has 1 atom stereocenters. The fourth-order valence-electron chi connectivity index (χ4n) is 2.33. The highest BCUT2D eigenvalue weighted by Gasteiger charge is 2.22. The van der Waals surface area contributed by atoms with Crippen LogP contribution < -0.4 is 5.32 Å². The average Bonchev–Trinajstić information content (AvgIpc) is 2.95. The minimum Gasteiger partial charge on any atom is -0.332 e. The molecule has 2 aromatic heterocycles. The van der Waals surface area contributed by atoms with Crippen LogP contribution in [-0.2, 0) is 13.1 Å². The van der Waals surface area contributed by atoms with Gasteiger partial charge in [-0.05, 0) is 19.1 Å². The van der Waals surface area contributed by atoms with Crippen LogP contribution in [0.4, 0.5) is 4.79 Å². The number of amides is 2. The zero-order valence-corrected chi connectivity index (χ0v) is 11.4. The zero-order chi connectivity index (χ0) is 13.9. The molecule has 1 aliphatic heterocycles. The van der Waals surface area contributed by atoms with E-state index in [1.54, 1.807) is 17.3 Å². The lowest BCUT2D eigenvalue weighted by molar-refractivity contribution is 0.179. The Labute approximate surface area is 117 Å². The SMILES string of the molecule is CC(NC(=O)N1CCn2ccnc2C1)c1ccccn1. The highest BCUT2D eigenvalue weighted by molar-refractivity contribution is 5.74. The Morgan fingerprint density at radius 3 is 3.00 bits per heavy atom. The molecule has 3 heterocycles. The third-order valence-corrected chi connectivity index (χ3v) is 3.50. The Balaban J connectivity index is 1.63. The Hall–Kier alpha value is -2.37. The number of carbonyl (C=O) groups excluding carboxylic acids is 1. The second kappa shape index (κ2) is 5.32. The molecule has 0 saturated heterocycles. The summed E-state index contributed by atoms with van der Waals surface area (Å²) in [6.07, 6.45) is 5.45. The van der Waals surface area contributed by atoms with Crippen molar-refractivity contribution in [1.29, 1.82) is 0 Å². The second-order valence-corrected chi connectivity index (χ2v) is 4.88. The van der Waals surface area contributed by atoms with Crippen LogP contribution in [0.15, 0.2) is 36.8 Å². The van der Waals surface area contributed by atoms with Gasteiger partial charge in [-0.3, -0.25) is 4.98 Å². The van der Waals surface area contributed by atoms with Crippen molar-refractivity contribution in [3.63, 3.8) is 0 Å². The van der Waals surface area contributed by atoms with Gasteiger partial charge in [0.05, 0.1) is 18.3 Å². The number of hydrogen-bond donors (Lipinski definition) is 1. The molecule has 6 nitrogen and oxygen atoms in total. The van der Waals surface area contributed by atoms with E-state index in [9.17, 15) is 4.79 Å². The standard InChI is InChI=1S/C14H17N5O/c1-11(12-4-2-3-5-15-12)17-14(20)19-9-8-18-7-6-16-13(18)10-19/h2-7,11H,8-10H2,1H3,(H,17,20). The Bertz CT molecular complexity index is 595. The predicted molar refractivity (Wildman–Crippen MR) is 73.8 cm³/mol. The summed E-state index contributed by atoms with van der Waals surface area (Å²) in [5.41, 5.74) is 0.861. The maximum absolute atomic E-state index is 12.3. The first-order valence-corrected chi connectivity index (χ1v) is 6.70. The van der Waals surface area contributed by atoms with Gasteiger partial charge in [-0.15, -0.1) is 0 Å². The van der Waals surface area contributed by atoms with E-state index < -0.39 is 0 Å². The van der Waals surface area contributed by atoms with Gasteiger partial charge < -0.3 is 14.8 Å². The van der Waals surface area contributed by atoms with Gasteiger partial charge in [0.1, 0.15) is 5.82 Å². The van der Waals surface area contributed by atoms with Gasteiger partial charge in [-0.2, -0.15) is 0 Å². The Kier molecular flexibility index (Phi) is 3.37. The van der Waals surface area contributed by atoms with Crippen LogP contribution in [0.5, 0.6) is 0 Å². The number of rotatable bonds is 2. The quantitative estimate of drug-likeness (QED) is 0.901. The van der Waals surface area contributed by atoms with Gasteiger partial charge in [-0.25, -0.2) is 9.78 Å². The van der Waals surface area contributed by atoms with Crippen molar-refractivity contribution in [2.24, 2.45) is 0 Å². The average molecular weight is 271 g/mol. The fourth-order valence-corrected chi connectivity index (χ4v) is 2.33. The van der Waals surface area contributed by atoms with Crippen molar-refractivity contribution >= 4 is 6.03 Å². The third kappa shape index (κ3) is 2.49. The molecule has 3 rings (SSSR count). The Morgan fingerprint density at radius 1 is 1.30 bits per heavy atom. The van der Waals surface area contributed by atoms with Crippen molar-refractivity contribution in [3.8, 4) is 0 Å². The fraction of sp³-hybridized carbons (Fsp3) is 0.357. The minimum absolute atomic E-state index is 0.0718. The molecule has 20 heavy (non-hydrogen) atoms. The summed E-state index contributed by atoms with van der Waals surface area (Å²) in [5, 5.41) is 2.98. The number of imidazole rings is 1. The van der Waals surface area contributed by atoms with Gasteiger partial charge >= 0.3 is 6.03 Å². The molecule has 0 spiro atoms. The van der Waals surface area contributed by atoms with Crippen LogP contribution in [0.2, 0.25) is 0 Å². The van der Waals surface area contributed by atoms with E-state index in [2.05, 4.69) is 19.9 Å². The first-order valence-electron chi connectivity index (χ1n) is 6.70. The molecule has 104 valence electrons. The molecular formula is C14H17N5O. The summed E-state index contributed by atoms with van der Waals surface area (Å²) in [6.45, 7) is 3.98. The number of hydrogen-bond acceptors (Lipinski definition) is 3. The number of carbonyl (C=O) groups is 1. The summed E-state index contributed by atoms with van der Waals surface area (Å²) >= 11 is 0. The smallest absolute Gasteiger partial charge is 0.318 e. The van der Waals surface area contributed by atoms with Crippen LogP contribution >= 0.6 is 0 Å². The van der Waals surface area contributed by atoms with E-state index in [0.29, 0.717) is 13.1 Å². The van der Waals surface area contributed by atoms with Crippen molar-refractivity contribution in [2.75, 3.05) is 6.54 Å². The van der Waals surface area contributed by atoms with Gasteiger partial charge in [-0.1, -0.05) is 6.07 Å². The Morgan fingerprint density at radius 2 is 2.20 bits per heavy atom. The molecule has 0 aliphatic carbocycles. The number of urea groups is 1. The van der Waals surface area contributed by atoms with E-state index in [1.165, 1.54) is 0 Å². The van der Waals surface area contributed by atoms with Crippen LogP contribution in [0, 0.1) is 0 Å². The van der Waals surface area contributed by atoms with Crippen molar-refractivity contribution in [1.82, 2.24) is 24.8 Å². The van der Waals surface area contributed by atoms with Crippen molar-refractivity contribution < 1.29 is 4.79 Å². The normalized spacial score (nSPS) is 15.6. The van der Waals surface area contributed by atoms with Crippen molar-refractivity contribution in [2.45, 2.75) is 26.1 Å². The minimum atomic E-state index is -0.106. The molecule has 0 saturated carbocycles. The number of pyridine rings is 1. The topological polar surface area (TPSA) is 63.1 Å². The lowest BCUT2D eigenvalue weighted by atomic mass is 10.2. The van der Waals surface area contributed by atoms with Crippen LogP contribution in [0.3, 0.4) is 0 Å². The monoisotopic (exact) mass is 271 g/mol. The molecule has 0 aromatic carbocycles. The lowest BCUT2D eigenvalue weighted by Gasteiger charge is -2.29. The zero-order valence-electron chi connectivity index (χ0n) is 11.4.